The number of fused-ring (bicyclic) bond motifs is 2. The maximum Gasteiger partial charge on any atom is 0.229 e. The van der Waals surface area contributed by atoms with Crippen LogP contribution in [0, 0.1) is 0 Å². The van der Waals surface area contributed by atoms with E-state index in [2.05, 4.69) is 0 Å². The number of ether oxygens (including phenoxy) is 11. The van der Waals surface area contributed by atoms with Crippen LogP contribution in [0.2, 0.25) is 0 Å². The van der Waals surface area contributed by atoms with Gasteiger partial charge in [-0.25, -0.2) is 0 Å². The molecule has 2 unspecified atom stereocenters. The Morgan fingerprint density at radius 3 is 1.29 bits per heavy atom. The van der Waals surface area contributed by atoms with Gasteiger partial charge in [0.1, 0.15) is 137 Å². The highest BCUT2D eigenvalue weighted by Crippen LogP contribution is 2.46. The molecular formula is C55H66O29. The maximum absolute atomic E-state index is 13.0. The van der Waals surface area contributed by atoms with Crippen molar-refractivity contribution >= 4 is 11.6 Å². The van der Waals surface area contributed by atoms with E-state index in [1.54, 1.807) is 18.2 Å². The lowest BCUT2D eigenvalue weighted by molar-refractivity contribution is -0.354. The van der Waals surface area contributed by atoms with E-state index < -0.39 is 171 Å². The molecule has 6 aliphatic heterocycles. The number of hydrogen-bond donors (Lipinski definition) is 16. The van der Waals surface area contributed by atoms with Crippen LogP contribution in [-0.4, -0.2) is 236 Å². The molecule has 22 atom stereocenters. The number of aliphatic hydroxyl groups is 12. The molecule has 0 amide bonds. The van der Waals surface area contributed by atoms with Crippen LogP contribution in [0.15, 0.2) is 66.7 Å². The first-order chi connectivity index (χ1) is 39.9. The average molecular weight is 1190 g/mol. The highest BCUT2D eigenvalue weighted by molar-refractivity contribution is 6.03. The molecule has 0 saturated carbocycles. The number of rotatable bonds is 13. The molecule has 4 aromatic carbocycles. The highest BCUT2D eigenvalue weighted by atomic mass is 16.8. The van der Waals surface area contributed by atoms with Crippen LogP contribution < -0.4 is 23.7 Å². The topological polar surface area (TPSA) is 459 Å². The van der Waals surface area contributed by atoms with Gasteiger partial charge in [-0.2, -0.15) is 0 Å². The van der Waals surface area contributed by atoms with E-state index in [0.717, 1.165) is 12.1 Å². The Balaban J connectivity index is 0.000000202. The number of ketones is 2. The van der Waals surface area contributed by atoms with Crippen molar-refractivity contribution in [2.24, 2.45) is 0 Å². The number of methoxy groups -OCH3 is 1. The third-order valence-electron chi connectivity index (χ3n) is 15.1. The van der Waals surface area contributed by atoms with Crippen molar-refractivity contribution in [3.63, 3.8) is 0 Å². The standard InChI is InChI=1S/C28H34O15.C27H32O14/c1-10-21(33)23(35)25(37)27(39-10)43-26-24(36)22(34)19(9-29)42-28(26)40-12-6-14(31)20-15(32)8-17(41-18(20)7-12)11-3-4-16(38-2)13(30)5-11;1-10-20(32)22(34)24(36)26(37-10)41-25-23(35)21(33)18(9-28)40-27(25)38-13-6-14(30)19-15(31)8-16(39-17(19)7-13)11-2-4-12(29)5-3-11/h3-7,10,17,19,21-31,33-37H,8-9H2,1-2H3;2-7,10,16,18,20-30,32-36H,8-9H2,1H3/t10-,17?,19+,21-,22+,23+,24-,25+,26+,27-,28+;10-,16?,18+,20-,21+,22+,23-,24+,25+,26-,27+/m00/s1. The fraction of sp³-hybridized carbons (Fsp3) is 0.527. The molecule has 6 heterocycles. The average Bonchev–Trinajstić information content (AvgIpc) is 2.60. The van der Waals surface area contributed by atoms with E-state index in [1.807, 2.05) is 0 Å². The summed E-state index contributed by atoms with van der Waals surface area (Å²) in [6.07, 6.45) is -32.4. The summed E-state index contributed by atoms with van der Waals surface area (Å²) >= 11 is 0. The van der Waals surface area contributed by atoms with Crippen molar-refractivity contribution < 1.29 is 143 Å². The SMILES string of the molecule is COc1ccc(C2CC(=O)c3c(O)cc(O[C@@H]4O[C@H](CO)[C@@H](O)[C@H](O)[C@H]4O[C@@H]4O[C@@H](C)[C@H](O)[C@@H](O)[C@H]4O)cc3O2)cc1O.C[C@@H]1O[C@@H](O[C@H]2[C@H](Oc3cc(O)c4c(c3)OC(c3ccc(O)cc3)CC4=O)O[C@H](CO)[C@@H](O)[C@@H]2O)[C@H](O)[C@H](O)[C@H]1O. The molecule has 0 aromatic heterocycles. The Kier molecular flexibility index (Phi) is 19.1. The second-order valence-corrected chi connectivity index (χ2v) is 20.8. The van der Waals surface area contributed by atoms with Crippen LogP contribution in [0.3, 0.4) is 0 Å². The summed E-state index contributed by atoms with van der Waals surface area (Å²) in [5, 5.41) is 164. The fourth-order valence-corrected chi connectivity index (χ4v) is 10.4. The first-order valence-electron chi connectivity index (χ1n) is 26.5. The van der Waals surface area contributed by atoms with Crippen molar-refractivity contribution in [2.45, 2.75) is 162 Å². The molecule has 460 valence electrons. The summed E-state index contributed by atoms with van der Waals surface area (Å²) in [7, 11) is 1.39. The highest BCUT2D eigenvalue weighted by Gasteiger charge is 2.53. The van der Waals surface area contributed by atoms with Crippen LogP contribution >= 0.6 is 0 Å². The van der Waals surface area contributed by atoms with Gasteiger partial charge in [0.05, 0.1) is 45.4 Å². The van der Waals surface area contributed by atoms with Crippen molar-refractivity contribution in [1.29, 1.82) is 0 Å². The Morgan fingerprint density at radius 2 is 0.881 bits per heavy atom. The molecular weight excluding hydrogens is 1120 g/mol. The number of aromatic hydroxyl groups is 4. The van der Waals surface area contributed by atoms with Gasteiger partial charge in [0.15, 0.2) is 47.9 Å². The molecule has 0 bridgehead atoms. The summed E-state index contributed by atoms with van der Waals surface area (Å²) in [6.45, 7) is 1.42. The maximum atomic E-state index is 13.0. The summed E-state index contributed by atoms with van der Waals surface area (Å²) in [6, 6.07) is 15.4. The normalized spacial score (nSPS) is 36.6. The quantitative estimate of drug-likeness (QED) is 0.0668. The number of benzene rings is 4. The largest absolute Gasteiger partial charge is 0.508 e. The van der Waals surface area contributed by atoms with Crippen molar-refractivity contribution in [1.82, 2.24) is 0 Å². The second kappa shape index (κ2) is 25.7. The Bertz CT molecular complexity index is 2950. The minimum Gasteiger partial charge on any atom is -0.508 e. The lowest BCUT2D eigenvalue weighted by Crippen LogP contribution is -2.64. The Morgan fingerprint density at radius 1 is 0.464 bits per heavy atom. The van der Waals surface area contributed by atoms with Gasteiger partial charge in [-0.15, -0.1) is 0 Å². The fourth-order valence-electron chi connectivity index (χ4n) is 10.4. The van der Waals surface area contributed by atoms with Crippen LogP contribution in [0.5, 0.6) is 51.7 Å². The zero-order chi connectivity index (χ0) is 60.7. The van der Waals surface area contributed by atoms with Crippen LogP contribution in [0.4, 0.5) is 0 Å². The number of phenols is 4. The number of hydrogen-bond acceptors (Lipinski definition) is 29. The number of aliphatic hydroxyl groups excluding tert-OH is 12. The van der Waals surface area contributed by atoms with Crippen LogP contribution in [0.1, 0.15) is 70.7 Å². The molecule has 0 spiro atoms. The van der Waals surface area contributed by atoms with E-state index >= 15 is 0 Å². The second-order valence-electron chi connectivity index (χ2n) is 20.8. The molecule has 4 aromatic rings. The summed E-state index contributed by atoms with van der Waals surface area (Å²) < 4.78 is 62.2. The van der Waals surface area contributed by atoms with Crippen molar-refractivity contribution in [3.8, 4) is 51.7 Å². The minimum atomic E-state index is -1.76. The molecule has 4 fully saturated rings. The molecule has 10 rings (SSSR count). The van der Waals surface area contributed by atoms with E-state index in [4.69, 9.17) is 52.1 Å². The number of carbonyl (C=O) groups excluding carboxylic acids is 2. The monoisotopic (exact) mass is 1190 g/mol. The summed E-state index contributed by atoms with van der Waals surface area (Å²) in [5.74, 6) is -2.01. The first-order valence-corrected chi connectivity index (χ1v) is 26.5. The van der Waals surface area contributed by atoms with Gasteiger partial charge in [0.2, 0.25) is 12.6 Å². The lowest BCUT2D eigenvalue weighted by atomic mass is 9.95. The smallest absolute Gasteiger partial charge is 0.229 e. The zero-order valence-corrected chi connectivity index (χ0v) is 44.8. The third-order valence-corrected chi connectivity index (χ3v) is 15.1. The zero-order valence-electron chi connectivity index (χ0n) is 44.8. The number of phenolic OH excluding ortho intramolecular Hbond substituents is 4. The van der Waals surface area contributed by atoms with Crippen LogP contribution in [-0.2, 0) is 28.4 Å². The van der Waals surface area contributed by atoms with E-state index in [1.165, 1.54) is 57.4 Å². The molecule has 0 aliphatic carbocycles. The molecule has 29 nitrogen and oxygen atoms in total. The molecule has 6 aliphatic rings. The third kappa shape index (κ3) is 12.7. The van der Waals surface area contributed by atoms with Gasteiger partial charge in [-0.3, -0.25) is 9.59 Å². The minimum absolute atomic E-state index is 0.0149. The summed E-state index contributed by atoms with van der Waals surface area (Å²) in [4.78, 5) is 25.8. The molecule has 84 heavy (non-hydrogen) atoms. The number of Topliss-reactive ketones (excluding diaryl/α,β-unsaturated/α-hetero) is 2. The van der Waals surface area contributed by atoms with Gasteiger partial charge in [0.25, 0.3) is 0 Å². The van der Waals surface area contributed by atoms with Gasteiger partial charge in [0, 0.05) is 24.3 Å². The lowest BCUT2D eigenvalue weighted by Gasteiger charge is -2.45. The number of carbonyl (C=O) groups is 2. The van der Waals surface area contributed by atoms with Gasteiger partial charge < -0.3 is 134 Å². The Labute approximate surface area is 476 Å². The first kappa shape index (κ1) is 62.2. The molecule has 29 heteroatoms. The van der Waals surface area contributed by atoms with E-state index in [-0.39, 0.29) is 64.2 Å². The van der Waals surface area contributed by atoms with Gasteiger partial charge in [-0.05, 0) is 49.2 Å². The van der Waals surface area contributed by atoms with Crippen LogP contribution in [0.25, 0.3) is 0 Å². The van der Waals surface area contributed by atoms with Crippen molar-refractivity contribution in [2.75, 3.05) is 20.3 Å². The van der Waals surface area contributed by atoms with E-state index in [0.29, 0.717) is 11.1 Å². The van der Waals surface area contributed by atoms with Gasteiger partial charge in [-0.1, -0.05) is 18.2 Å². The predicted molar refractivity (Wildman–Crippen MR) is 275 cm³/mol. The molecule has 16 N–H and O–H groups in total. The predicted octanol–water partition coefficient (Wildman–Crippen LogP) is -2.32. The molecule has 0 radical (unpaired) electrons. The van der Waals surface area contributed by atoms with E-state index in [9.17, 15) is 91.3 Å². The Hall–Kier alpha value is -6.30. The van der Waals surface area contributed by atoms with Crippen molar-refractivity contribution in [3.05, 3.63) is 89.0 Å². The van der Waals surface area contributed by atoms with Gasteiger partial charge >= 0.3 is 0 Å². The summed E-state index contributed by atoms with van der Waals surface area (Å²) in [5.41, 5.74) is 0.881. The molecule has 4 saturated heterocycles.